The first-order valence-corrected chi connectivity index (χ1v) is 10.6. The van der Waals surface area contributed by atoms with Crippen molar-refractivity contribution in [2.75, 3.05) is 24.2 Å². The number of aryl methyl sites for hydroxylation is 1. The number of anilines is 1. The number of rotatable bonds is 8. The van der Waals surface area contributed by atoms with Crippen molar-refractivity contribution in [1.29, 1.82) is 0 Å². The van der Waals surface area contributed by atoms with E-state index < -0.39 is 0 Å². The molecule has 0 unspecified atom stereocenters. The SMILES string of the molecule is Cc1ccc(SCCC(=O)Nc2ccccc2C(=O)NC[C@H]2CCCO2)cc1. The molecule has 28 heavy (non-hydrogen) atoms. The standard InChI is InChI=1S/C22H26N2O3S/c1-16-8-10-18(11-9-16)28-14-12-21(25)24-20-7-3-2-6-19(20)22(26)23-15-17-5-4-13-27-17/h2-3,6-11,17H,4-5,12-15H2,1H3,(H,23,26)(H,24,25)/t17-/m1/s1. The molecule has 5 nitrogen and oxygen atoms in total. The van der Waals surface area contributed by atoms with Crippen molar-refractivity contribution in [1.82, 2.24) is 5.32 Å². The Hall–Kier alpha value is -2.31. The molecule has 3 rings (SSSR count). The van der Waals surface area contributed by atoms with Gasteiger partial charge in [0.05, 0.1) is 17.4 Å². The summed E-state index contributed by atoms with van der Waals surface area (Å²) in [5.41, 5.74) is 2.23. The number of amides is 2. The average Bonchev–Trinajstić information content (AvgIpc) is 3.22. The Bertz CT molecular complexity index is 802. The lowest BCUT2D eigenvalue weighted by Crippen LogP contribution is -2.32. The molecule has 1 aliphatic rings. The smallest absolute Gasteiger partial charge is 0.253 e. The van der Waals surface area contributed by atoms with Crippen molar-refractivity contribution in [3.63, 3.8) is 0 Å². The van der Waals surface area contributed by atoms with Crippen LogP contribution in [0, 0.1) is 6.92 Å². The van der Waals surface area contributed by atoms with E-state index in [1.54, 1.807) is 30.0 Å². The zero-order chi connectivity index (χ0) is 19.8. The zero-order valence-electron chi connectivity index (χ0n) is 16.1. The van der Waals surface area contributed by atoms with Crippen LogP contribution in [0.2, 0.25) is 0 Å². The molecule has 148 valence electrons. The summed E-state index contributed by atoms with van der Waals surface area (Å²) >= 11 is 1.65. The van der Waals surface area contributed by atoms with E-state index in [9.17, 15) is 9.59 Å². The van der Waals surface area contributed by atoms with E-state index in [1.807, 2.05) is 6.07 Å². The van der Waals surface area contributed by atoms with E-state index in [0.29, 0.717) is 30.0 Å². The summed E-state index contributed by atoms with van der Waals surface area (Å²) in [6.07, 6.45) is 2.47. The van der Waals surface area contributed by atoms with Gasteiger partial charge in [-0.2, -0.15) is 0 Å². The van der Waals surface area contributed by atoms with Crippen LogP contribution in [0.1, 0.15) is 35.2 Å². The van der Waals surface area contributed by atoms with Gasteiger partial charge >= 0.3 is 0 Å². The molecule has 0 radical (unpaired) electrons. The summed E-state index contributed by atoms with van der Waals surface area (Å²) in [4.78, 5) is 26.0. The summed E-state index contributed by atoms with van der Waals surface area (Å²) in [5.74, 6) is 0.391. The molecule has 2 aromatic rings. The Morgan fingerprint density at radius 1 is 1.14 bits per heavy atom. The van der Waals surface area contributed by atoms with Crippen LogP contribution >= 0.6 is 11.8 Å². The number of hydrogen-bond acceptors (Lipinski definition) is 4. The van der Waals surface area contributed by atoms with Crippen LogP contribution in [-0.2, 0) is 9.53 Å². The maximum atomic E-state index is 12.5. The Morgan fingerprint density at radius 2 is 1.93 bits per heavy atom. The number of thioether (sulfide) groups is 1. The van der Waals surface area contributed by atoms with Crippen molar-refractivity contribution in [3.8, 4) is 0 Å². The van der Waals surface area contributed by atoms with Gasteiger partial charge < -0.3 is 15.4 Å². The number of nitrogens with one attached hydrogen (secondary N) is 2. The summed E-state index contributed by atoms with van der Waals surface area (Å²) in [6, 6.07) is 15.3. The van der Waals surface area contributed by atoms with Crippen molar-refractivity contribution in [2.45, 2.75) is 37.2 Å². The van der Waals surface area contributed by atoms with Crippen LogP contribution < -0.4 is 10.6 Å². The van der Waals surface area contributed by atoms with Gasteiger partial charge in [-0.3, -0.25) is 9.59 Å². The number of carbonyl (C=O) groups excluding carboxylic acids is 2. The molecule has 6 heteroatoms. The van der Waals surface area contributed by atoms with E-state index in [0.717, 1.165) is 24.3 Å². The Morgan fingerprint density at radius 3 is 2.68 bits per heavy atom. The summed E-state index contributed by atoms with van der Waals surface area (Å²) in [6.45, 7) is 3.30. The number of benzene rings is 2. The van der Waals surface area contributed by atoms with Crippen molar-refractivity contribution >= 4 is 29.3 Å². The van der Waals surface area contributed by atoms with Crippen molar-refractivity contribution < 1.29 is 14.3 Å². The molecule has 1 saturated heterocycles. The third kappa shape index (κ3) is 6.11. The van der Waals surface area contributed by atoms with Gasteiger partial charge in [-0.15, -0.1) is 11.8 Å². The van der Waals surface area contributed by atoms with Crippen molar-refractivity contribution in [2.24, 2.45) is 0 Å². The molecule has 1 heterocycles. The maximum absolute atomic E-state index is 12.5. The zero-order valence-corrected chi connectivity index (χ0v) is 16.9. The van der Waals surface area contributed by atoms with Crippen LogP contribution in [0.15, 0.2) is 53.4 Å². The molecule has 0 spiro atoms. The van der Waals surface area contributed by atoms with Gasteiger partial charge in [0.1, 0.15) is 0 Å². The molecule has 2 N–H and O–H groups in total. The fourth-order valence-corrected chi connectivity index (χ4v) is 3.86. The molecule has 0 bridgehead atoms. The predicted molar refractivity (Wildman–Crippen MR) is 113 cm³/mol. The minimum atomic E-state index is -0.194. The Balaban J connectivity index is 1.49. The number of ether oxygens (including phenoxy) is 1. The largest absolute Gasteiger partial charge is 0.376 e. The maximum Gasteiger partial charge on any atom is 0.253 e. The van der Waals surface area contributed by atoms with Gasteiger partial charge in [-0.25, -0.2) is 0 Å². The Labute approximate surface area is 170 Å². The van der Waals surface area contributed by atoms with Crippen molar-refractivity contribution in [3.05, 3.63) is 59.7 Å². The second-order valence-corrected chi connectivity index (χ2v) is 8.02. The lowest BCUT2D eigenvalue weighted by molar-refractivity contribution is -0.115. The molecule has 1 fully saturated rings. The molecule has 0 saturated carbocycles. The van der Waals surface area contributed by atoms with Crippen LogP contribution in [-0.4, -0.2) is 36.8 Å². The fourth-order valence-electron chi connectivity index (χ4n) is 3.01. The first kappa shape index (κ1) is 20.4. The molecule has 1 atom stereocenters. The van der Waals surface area contributed by atoms with E-state index in [4.69, 9.17) is 4.74 Å². The molecule has 0 aliphatic carbocycles. The van der Waals surface area contributed by atoms with E-state index >= 15 is 0 Å². The molecular weight excluding hydrogens is 372 g/mol. The minimum Gasteiger partial charge on any atom is -0.376 e. The lowest BCUT2D eigenvalue weighted by Gasteiger charge is -2.13. The number of hydrogen-bond donors (Lipinski definition) is 2. The van der Waals surface area contributed by atoms with Crippen LogP contribution in [0.5, 0.6) is 0 Å². The summed E-state index contributed by atoms with van der Waals surface area (Å²) in [5, 5.41) is 5.77. The number of carbonyl (C=O) groups is 2. The average molecular weight is 399 g/mol. The van der Waals surface area contributed by atoms with E-state index in [-0.39, 0.29) is 17.9 Å². The van der Waals surface area contributed by atoms with Gasteiger partial charge in [-0.1, -0.05) is 29.8 Å². The quantitative estimate of drug-likeness (QED) is 0.659. The second-order valence-electron chi connectivity index (χ2n) is 6.85. The van der Waals surface area contributed by atoms with Gasteiger partial charge in [0, 0.05) is 30.2 Å². The highest BCUT2D eigenvalue weighted by Gasteiger charge is 2.18. The first-order chi connectivity index (χ1) is 13.6. The Kier molecular flexibility index (Phi) is 7.51. The lowest BCUT2D eigenvalue weighted by atomic mass is 10.1. The third-order valence-corrected chi connectivity index (χ3v) is 5.59. The van der Waals surface area contributed by atoms with E-state index in [1.165, 1.54) is 5.56 Å². The molecule has 0 aromatic heterocycles. The van der Waals surface area contributed by atoms with Gasteiger partial charge in [0.25, 0.3) is 5.91 Å². The van der Waals surface area contributed by atoms with E-state index in [2.05, 4.69) is 41.8 Å². The van der Waals surface area contributed by atoms with Crippen LogP contribution in [0.4, 0.5) is 5.69 Å². The van der Waals surface area contributed by atoms with Gasteiger partial charge in [0.2, 0.25) is 5.91 Å². The first-order valence-electron chi connectivity index (χ1n) is 9.60. The van der Waals surface area contributed by atoms with Gasteiger partial charge in [-0.05, 0) is 44.0 Å². The fraction of sp³-hybridized carbons (Fsp3) is 0.364. The topological polar surface area (TPSA) is 67.4 Å². The highest BCUT2D eigenvalue weighted by Crippen LogP contribution is 2.20. The summed E-state index contributed by atoms with van der Waals surface area (Å²) in [7, 11) is 0. The second kappa shape index (κ2) is 10.3. The monoisotopic (exact) mass is 398 g/mol. The normalized spacial score (nSPS) is 16.0. The van der Waals surface area contributed by atoms with Gasteiger partial charge in [0.15, 0.2) is 0 Å². The molecule has 2 aromatic carbocycles. The highest BCUT2D eigenvalue weighted by atomic mass is 32.2. The number of para-hydroxylation sites is 1. The molecule has 2 amide bonds. The van der Waals surface area contributed by atoms with Crippen LogP contribution in [0.25, 0.3) is 0 Å². The molecular formula is C22H26N2O3S. The summed E-state index contributed by atoms with van der Waals surface area (Å²) < 4.78 is 5.53. The predicted octanol–water partition coefficient (Wildman–Crippen LogP) is 4.02. The minimum absolute atomic E-state index is 0.0875. The van der Waals surface area contributed by atoms with Crippen LogP contribution in [0.3, 0.4) is 0 Å². The third-order valence-electron chi connectivity index (χ3n) is 4.58. The highest BCUT2D eigenvalue weighted by molar-refractivity contribution is 7.99. The molecule has 1 aliphatic heterocycles.